The molecule has 7 aromatic rings. The van der Waals surface area contributed by atoms with Crippen molar-refractivity contribution in [1.29, 1.82) is 0 Å². The van der Waals surface area contributed by atoms with Gasteiger partial charge in [0.15, 0.2) is 0 Å². The summed E-state index contributed by atoms with van der Waals surface area (Å²) in [5.41, 5.74) is 4.90. The van der Waals surface area contributed by atoms with E-state index in [1.54, 1.807) is 0 Å². The summed E-state index contributed by atoms with van der Waals surface area (Å²) in [6.07, 6.45) is 0. The van der Waals surface area contributed by atoms with Crippen LogP contribution >= 0.6 is 11.3 Å². The Bertz CT molecular complexity index is 1830. The molecule has 0 saturated heterocycles. The van der Waals surface area contributed by atoms with Gasteiger partial charge in [0.1, 0.15) is 0 Å². The van der Waals surface area contributed by atoms with E-state index in [4.69, 9.17) is 9.97 Å². The van der Waals surface area contributed by atoms with Gasteiger partial charge in [-0.25, -0.2) is 9.97 Å². The molecule has 154 valence electrons. The number of nitrogens with zero attached hydrogens (tertiary/aromatic N) is 2. The first-order valence-electron chi connectivity index (χ1n) is 11.0. The van der Waals surface area contributed by atoms with Crippen LogP contribution in [0.3, 0.4) is 0 Å². The molecule has 7 rings (SSSR count). The van der Waals surface area contributed by atoms with Crippen LogP contribution in [0.15, 0.2) is 109 Å². The fourth-order valence-electron chi connectivity index (χ4n) is 4.71. The maximum Gasteiger partial charge on any atom is 0.0972 e. The molecule has 0 unspecified atom stereocenters. The number of aromatic nitrogens is 2. The minimum Gasteiger partial charge on any atom is -0.246 e. The Balaban J connectivity index is 1.42. The van der Waals surface area contributed by atoms with E-state index in [-0.39, 0.29) is 0 Å². The number of hydrogen-bond acceptors (Lipinski definition) is 3. The van der Waals surface area contributed by atoms with Crippen LogP contribution in [0.5, 0.6) is 0 Å². The standard InChI is InChI=1S/C30H18N2S/c1-2-11-24-20(8-1)21-9-3-5-12-26(21)32-30(24)27-14-7-13-25(31-27)19-16-17-23-22-10-4-6-15-28(22)33-29(23)18-19/h1-18H. The molecule has 0 amide bonds. The van der Waals surface area contributed by atoms with Gasteiger partial charge in [-0.3, -0.25) is 0 Å². The van der Waals surface area contributed by atoms with Gasteiger partial charge in [-0.1, -0.05) is 78.9 Å². The van der Waals surface area contributed by atoms with Crippen molar-refractivity contribution >= 4 is 53.2 Å². The van der Waals surface area contributed by atoms with E-state index >= 15 is 0 Å². The molecule has 0 bridgehead atoms. The van der Waals surface area contributed by atoms with E-state index in [2.05, 4.69) is 103 Å². The van der Waals surface area contributed by atoms with Crippen molar-refractivity contribution < 1.29 is 0 Å². The van der Waals surface area contributed by atoms with Gasteiger partial charge in [0.2, 0.25) is 0 Å². The van der Waals surface area contributed by atoms with Gasteiger partial charge in [-0.05, 0) is 35.7 Å². The van der Waals surface area contributed by atoms with Gasteiger partial charge >= 0.3 is 0 Å². The van der Waals surface area contributed by atoms with Crippen molar-refractivity contribution in [3.05, 3.63) is 109 Å². The summed E-state index contributed by atoms with van der Waals surface area (Å²) in [6, 6.07) is 38.3. The van der Waals surface area contributed by atoms with Crippen LogP contribution in [0.2, 0.25) is 0 Å². The zero-order valence-corrected chi connectivity index (χ0v) is 18.5. The zero-order chi connectivity index (χ0) is 21.8. The first kappa shape index (κ1) is 18.5. The number of pyridine rings is 2. The molecule has 0 radical (unpaired) electrons. The average Bonchev–Trinajstić information content (AvgIpc) is 3.26. The topological polar surface area (TPSA) is 25.8 Å². The lowest BCUT2D eigenvalue weighted by Gasteiger charge is -2.10. The third-order valence-electron chi connectivity index (χ3n) is 6.27. The minimum atomic E-state index is 0.894. The highest BCUT2D eigenvalue weighted by Crippen LogP contribution is 2.37. The zero-order valence-electron chi connectivity index (χ0n) is 17.7. The maximum absolute atomic E-state index is 5.07. The fraction of sp³-hybridized carbons (Fsp3) is 0. The van der Waals surface area contributed by atoms with Crippen molar-refractivity contribution in [1.82, 2.24) is 9.97 Å². The molecule has 0 aliphatic rings. The average molecular weight is 439 g/mol. The highest BCUT2D eigenvalue weighted by molar-refractivity contribution is 7.25. The Hall–Kier alpha value is -4.08. The highest BCUT2D eigenvalue weighted by Gasteiger charge is 2.13. The van der Waals surface area contributed by atoms with Crippen molar-refractivity contribution in [2.45, 2.75) is 0 Å². The molecule has 2 nitrogen and oxygen atoms in total. The molecule has 0 N–H and O–H groups in total. The molecule has 0 atom stereocenters. The first-order valence-corrected chi connectivity index (χ1v) is 11.8. The Morgan fingerprint density at radius 1 is 0.455 bits per heavy atom. The van der Waals surface area contributed by atoms with E-state index in [9.17, 15) is 0 Å². The van der Waals surface area contributed by atoms with E-state index in [1.807, 2.05) is 17.4 Å². The predicted octanol–water partition coefficient (Wildman–Crippen LogP) is 8.48. The number of rotatable bonds is 2. The van der Waals surface area contributed by atoms with Gasteiger partial charge < -0.3 is 0 Å². The molecule has 0 fully saturated rings. The second kappa shape index (κ2) is 7.22. The number of para-hydroxylation sites is 1. The Labute approximate surface area is 194 Å². The van der Waals surface area contributed by atoms with Crippen LogP contribution in [0.4, 0.5) is 0 Å². The van der Waals surface area contributed by atoms with E-state index < -0.39 is 0 Å². The SMILES string of the molecule is c1cc(-c2ccc3c(c2)sc2ccccc23)nc(-c2nc3ccccc3c3ccccc23)c1. The van der Waals surface area contributed by atoms with E-state index in [1.165, 1.54) is 30.9 Å². The summed E-state index contributed by atoms with van der Waals surface area (Å²) < 4.78 is 2.60. The second-order valence-electron chi connectivity index (χ2n) is 8.24. The van der Waals surface area contributed by atoms with Crippen LogP contribution in [-0.2, 0) is 0 Å². The first-order chi connectivity index (χ1) is 16.3. The van der Waals surface area contributed by atoms with Crippen molar-refractivity contribution in [3.8, 4) is 22.6 Å². The number of benzene rings is 4. The van der Waals surface area contributed by atoms with Crippen molar-refractivity contribution in [2.24, 2.45) is 0 Å². The Morgan fingerprint density at radius 3 is 2.06 bits per heavy atom. The quantitative estimate of drug-likeness (QED) is 0.253. The molecule has 3 heteroatoms. The largest absolute Gasteiger partial charge is 0.246 e. The summed E-state index contributed by atoms with van der Waals surface area (Å²) in [6.45, 7) is 0. The van der Waals surface area contributed by atoms with Crippen LogP contribution in [0.1, 0.15) is 0 Å². The van der Waals surface area contributed by atoms with Gasteiger partial charge in [-0.2, -0.15) is 0 Å². The lowest BCUT2D eigenvalue weighted by molar-refractivity contribution is 1.29. The fourth-order valence-corrected chi connectivity index (χ4v) is 5.86. The van der Waals surface area contributed by atoms with Gasteiger partial charge in [-0.15, -0.1) is 11.3 Å². The molecular weight excluding hydrogens is 420 g/mol. The normalized spacial score (nSPS) is 11.6. The maximum atomic E-state index is 5.07. The smallest absolute Gasteiger partial charge is 0.0972 e. The monoisotopic (exact) mass is 438 g/mol. The number of thiophene rings is 1. The third kappa shape index (κ3) is 2.94. The minimum absolute atomic E-state index is 0.894. The molecule has 4 aromatic carbocycles. The summed E-state index contributed by atoms with van der Waals surface area (Å²) >= 11 is 1.83. The van der Waals surface area contributed by atoms with Gasteiger partial charge in [0.05, 0.1) is 22.6 Å². The van der Waals surface area contributed by atoms with Crippen LogP contribution in [-0.4, -0.2) is 9.97 Å². The summed E-state index contributed by atoms with van der Waals surface area (Å²) in [4.78, 5) is 10.1. The number of fused-ring (bicyclic) bond motifs is 6. The molecule has 33 heavy (non-hydrogen) atoms. The van der Waals surface area contributed by atoms with E-state index in [0.29, 0.717) is 0 Å². The van der Waals surface area contributed by atoms with Gasteiger partial charge in [0, 0.05) is 36.5 Å². The molecule has 3 aromatic heterocycles. The predicted molar refractivity (Wildman–Crippen MR) is 141 cm³/mol. The number of hydrogen-bond donors (Lipinski definition) is 0. The lowest BCUT2D eigenvalue weighted by Crippen LogP contribution is -1.93. The summed E-state index contributed by atoms with van der Waals surface area (Å²) in [5.74, 6) is 0. The molecule has 0 aliphatic carbocycles. The molecule has 0 aliphatic heterocycles. The molecule has 0 spiro atoms. The highest BCUT2D eigenvalue weighted by atomic mass is 32.1. The third-order valence-corrected chi connectivity index (χ3v) is 7.41. The van der Waals surface area contributed by atoms with Crippen LogP contribution < -0.4 is 0 Å². The van der Waals surface area contributed by atoms with Crippen molar-refractivity contribution in [3.63, 3.8) is 0 Å². The van der Waals surface area contributed by atoms with Crippen molar-refractivity contribution in [2.75, 3.05) is 0 Å². The Morgan fingerprint density at radius 2 is 1.15 bits per heavy atom. The van der Waals surface area contributed by atoms with Gasteiger partial charge in [0.25, 0.3) is 0 Å². The second-order valence-corrected chi connectivity index (χ2v) is 9.32. The summed E-state index contributed by atoms with van der Waals surface area (Å²) in [7, 11) is 0. The molecular formula is C30H18N2S. The Kier molecular flexibility index (Phi) is 4.05. The summed E-state index contributed by atoms with van der Waals surface area (Å²) in [5, 5.41) is 6.12. The lowest BCUT2D eigenvalue weighted by atomic mass is 10.0. The molecule has 0 saturated carbocycles. The van der Waals surface area contributed by atoms with Crippen LogP contribution in [0.25, 0.3) is 64.5 Å². The van der Waals surface area contributed by atoms with E-state index in [0.717, 1.165) is 33.5 Å². The molecule has 3 heterocycles. The van der Waals surface area contributed by atoms with Crippen LogP contribution in [0, 0.1) is 0 Å².